The first kappa shape index (κ1) is 14.1. The first-order valence-electron chi connectivity index (χ1n) is 7.69. The molecular formula is C17H22N2O2. The molecule has 4 heteroatoms. The van der Waals surface area contributed by atoms with Crippen LogP contribution in [0.5, 0.6) is 0 Å². The molecule has 1 saturated heterocycles. The highest BCUT2D eigenvalue weighted by atomic mass is 16.2. The van der Waals surface area contributed by atoms with Crippen molar-refractivity contribution < 1.29 is 9.59 Å². The topological polar surface area (TPSA) is 49.4 Å². The summed E-state index contributed by atoms with van der Waals surface area (Å²) < 4.78 is 0. The van der Waals surface area contributed by atoms with Gasteiger partial charge in [-0.3, -0.25) is 9.59 Å². The van der Waals surface area contributed by atoms with E-state index in [4.69, 9.17) is 0 Å². The summed E-state index contributed by atoms with van der Waals surface area (Å²) in [4.78, 5) is 26.4. The average molecular weight is 286 g/mol. The molecule has 2 amide bonds. The van der Waals surface area contributed by atoms with Crippen molar-refractivity contribution in [2.45, 2.75) is 45.7 Å². The number of nitrogens with zero attached hydrogens (tertiary/aromatic N) is 1. The molecule has 1 aromatic carbocycles. The number of aryl methyl sites for hydroxylation is 2. The number of benzene rings is 1. The maximum absolute atomic E-state index is 12.7. The van der Waals surface area contributed by atoms with Gasteiger partial charge < -0.3 is 10.2 Å². The lowest BCUT2D eigenvalue weighted by Gasteiger charge is -2.25. The van der Waals surface area contributed by atoms with Gasteiger partial charge in [0.25, 0.3) is 0 Å². The van der Waals surface area contributed by atoms with Gasteiger partial charge in [-0.15, -0.1) is 0 Å². The van der Waals surface area contributed by atoms with Crippen LogP contribution in [0, 0.1) is 19.8 Å². The number of hydrogen-bond donors (Lipinski definition) is 1. The Kier molecular flexibility index (Phi) is 3.70. The molecule has 21 heavy (non-hydrogen) atoms. The summed E-state index contributed by atoms with van der Waals surface area (Å²) in [6.45, 7) is 5.27. The fourth-order valence-electron chi connectivity index (χ4n) is 3.05. The number of nitrogens with one attached hydrogen (secondary N) is 1. The van der Waals surface area contributed by atoms with E-state index in [1.807, 2.05) is 11.0 Å². The van der Waals surface area contributed by atoms with Gasteiger partial charge in [-0.2, -0.15) is 0 Å². The van der Waals surface area contributed by atoms with Gasteiger partial charge in [-0.25, -0.2) is 0 Å². The zero-order chi connectivity index (χ0) is 15.0. The Balaban J connectivity index is 1.83. The van der Waals surface area contributed by atoms with Crippen LogP contribution < -0.4 is 5.32 Å². The summed E-state index contributed by atoms with van der Waals surface area (Å²) in [5.41, 5.74) is 3.61. The molecule has 1 atom stereocenters. The van der Waals surface area contributed by atoms with E-state index in [-0.39, 0.29) is 17.9 Å². The Hall–Kier alpha value is -1.84. The van der Waals surface area contributed by atoms with Crippen molar-refractivity contribution in [2.75, 3.05) is 6.54 Å². The van der Waals surface area contributed by atoms with Crippen LogP contribution in [-0.4, -0.2) is 29.3 Å². The number of hydrogen-bond acceptors (Lipinski definition) is 2. The van der Waals surface area contributed by atoms with Crippen LogP contribution in [0.15, 0.2) is 18.2 Å². The van der Waals surface area contributed by atoms with Crippen molar-refractivity contribution in [1.82, 2.24) is 10.2 Å². The van der Waals surface area contributed by atoms with Crippen LogP contribution >= 0.6 is 0 Å². The van der Waals surface area contributed by atoms with Gasteiger partial charge in [0.1, 0.15) is 6.04 Å². The Bertz CT molecular complexity index is 558. The lowest BCUT2D eigenvalue weighted by Crippen LogP contribution is -2.45. The molecule has 0 aromatic heterocycles. The number of carbonyl (C=O) groups excluding carboxylic acids is 2. The lowest BCUT2D eigenvalue weighted by atomic mass is 10.0. The van der Waals surface area contributed by atoms with Gasteiger partial charge in [0.05, 0.1) is 0 Å². The molecule has 0 bridgehead atoms. The Morgan fingerprint density at radius 2 is 1.86 bits per heavy atom. The molecule has 1 aliphatic carbocycles. The van der Waals surface area contributed by atoms with Gasteiger partial charge >= 0.3 is 0 Å². The van der Waals surface area contributed by atoms with Crippen LogP contribution in [0.25, 0.3) is 0 Å². The van der Waals surface area contributed by atoms with Crippen LogP contribution in [0.4, 0.5) is 0 Å². The molecule has 0 radical (unpaired) electrons. The zero-order valence-electron chi connectivity index (χ0n) is 12.7. The Morgan fingerprint density at radius 3 is 2.48 bits per heavy atom. The van der Waals surface area contributed by atoms with E-state index in [1.165, 1.54) is 16.7 Å². The molecule has 2 fully saturated rings. The molecule has 1 heterocycles. The highest BCUT2D eigenvalue weighted by Gasteiger charge is 2.40. The summed E-state index contributed by atoms with van der Waals surface area (Å²) in [6, 6.07) is 5.89. The summed E-state index contributed by atoms with van der Waals surface area (Å²) in [7, 11) is 0. The van der Waals surface area contributed by atoms with E-state index in [2.05, 4.69) is 31.3 Å². The molecule has 4 nitrogen and oxygen atoms in total. The molecule has 1 aliphatic heterocycles. The summed E-state index contributed by atoms with van der Waals surface area (Å²) >= 11 is 0. The van der Waals surface area contributed by atoms with Crippen LogP contribution in [0.3, 0.4) is 0 Å². The Morgan fingerprint density at radius 1 is 1.19 bits per heavy atom. The average Bonchev–Trinajstić information content (AvgIpc) is 3.27. The predicted octanol–water partition coefficient (Wildman–Crippen LogP) is 1.93. The number of carbonyl (C=O) groups is 2. The third-order valence-electron chi connectivity index (χ3n) is 4.59. The van der Waals surface area contributed by atoms with Crippen LogP contribution in [0.2, 0.25) is 0 Å². The van der Waals surface area contributed by atoms with Crippen molar-refractivity contribution in [1.29, 1.82) is 0 Å². The third-order valence-corrected chi connectivity index (χ3v) is 4.59. The van der Waals surface area contributed by atoms with Crippen molar-refractivity contribution in [3.8, 4) is 0 Å². The maximum atomic E-state index is 12.7. The molecule has 112 valence electrons. The zero-order valence-corrected chi connectivity index (χ0v) is 12.7. The van der Waals surface area contributed by atoms with Crippen LogP contribution in [-0.2, 0) is 16.1 Å². The van der Waals surface area contributed by atoms with Crippen molar-refractivity contribution in [2.24, 2.45) is 5.92 Å². The van der Waals surface area contributed by atoms with E-state index in [9.17, 15) is 9.59 Å². The molecule has 1 aromatic rings. The standard InChI is InChI=1S/C17H22N2O2/c1-11-4-3-5-12(2)14(11)10-19-9-8-15(20)18-16(17(19)21)13-6-7-13/h3-5,13,16H,6-10H2,1-2H3,(H,18,20). The van der Waals surface area contributed by atoms with Crippen molar-refractivity contribution in [3.63, 3.8) is 0 Å². The number of amides is 2. The van der Waals surface area contributed by atoms with Gasteiger partial charge in [0, 0.05) is 19.5 Å². The second kappa shape index (κ2) is 5.51. The van der Waals surface area contributed by atoms with E-state index >= 15 is 0 Å². The van der Waals surface area contributed by atoms with E-state index in [0.717, 1.165) is 12.8 Å². The number of rotatable bonds is 3. The highest BCUT2D eigenvalue weighted by Crippen LogP contribution is 2.34. The molecule has 1 unspecified atom stereocenters. The highest BCUT2D eigenvalue weighted by molar-refractivity contribution is 5.90. The first-order valence-corrected chi connectivity index (χ1v) is 7.69. The minimum atomic E-state index is -0.302. The van der Waals surface area contributed by atoms with E-state index < -0.39 is 0 Å². The normalized spacial score (nSPS) is 23.0. The SMILES string of the molecule is Cc1cccc(C)c1CN1CCC(=O)NC(C2CC2)C1=O. The summed E-state index contributed by atoms with van der Waals surface area (Å²) in [6.07, 6.45) is 2.50. The second-order valence-electron chi connectivity index (χ2n) is 6.26. The maximum Gasteiger partial charge on any atom is 0.245 e. The smallest absolute Gasteiger partial charge is 0.245 e. The summed E-state index contributed by atoms with van der Waals surface area (Å²) in [5.74, 6) is 0.440. The molecule has 1 saturated carbocycles. The molecule has 2 aliphatic rings. The quantitative estimate of drug-likeness (QED) is 0.923. The molecule has 0 spiro atoms. The fourth-order valence-corrected chi connectivity index (χ4v) is 3.05. The van der Waals surface area contributed by atoms with Gasteiger partial charge in [0.2, 0.25) is 11.8 Å². The van der Waals surface area contributed by atoms with Gasteiger partial charge in [-0.05, 0) is 49.3 Å². The van der Waals surface area contributed by atoms with Crippen molar-refractivity contribution >= 4 is 11.8 Å². The minimum Gasteiger partial charge on any atom is -0.344 e. The van der Waals surface area contributed by atoms with Crippen LogP contribution in [0.1, 0.15) is 36.0 Å². The lowest BCUT2D eigenvalue weighted by molar-refractivity contribution is -0.134. The predicted molar refractivity (Wildman–Crippen MR) is 80.6 cm³/mol. The second-order valence-corrected chi connectivity index (χ2v) is 6.26. The summed E-state index contributed by atoms with van der Waals surface area (Å²) in [5, 5.41) is 2.91. The Labute approximate surface area is 125 Å². The molecule has 3 rings (SSSR count). The van der Waals surface area contributed by atoms with Gasteiger partial charge in [0.15, 0.2) is 0 Å². The third kappa shape index (κ3) is 2.94. The van der Waals surface area contributed by atoms with Crippen molar-refractivity contribution in [3.05, 3.63) is 34.9 Å². The first-order chi connectivity index (χ1) is 10.1. The van der Waals surface area contributed by atoms with E-state index in [0.29, 0.717) is 25.4 Å². The van der Waals surface area contributed by atoms with Gasteiger partial charge in [-0.1, -0.05) is 18.2 Å². The molecular weight excluding hydrogens is 264 g/mol. The minimum absolute atomic E-state index is 0.00394. The van der Waals surface area contributed by atoms with E-state index in [1.54, 1.807) is 0 Å². The molecule has 1 N–H and O–H groups in total. The fraction of sp³-hybridized carbons (Fsp3) is 0.529. The largest absolute Gasteiger partial charge is 0.344 e. The monoisotopic (exact) mass is 286 g/mol.